The SMILES string of the molecule is O=C(Nc1cc(-c2ccccc2)no1)c1ccc2nc3n(c2c1)CCCNC3=O. The number of imidazole rings is 1. The van der Waals surface area contributed by atoms with Gasteiger partial charge in [-0.3, -0.25) is 14.9 Å². The van der Waals surface area contributed by atoms with Gasteiger partial charge in [0.2, 0.25) is 5.88 Å². The molecule has 5 rings (SSSR count). The molecule has 1 aliphatic rings. The zero-order valence-electron chi connectivity index (χ0n) is 15.4. The fourth-order valence-electron chi connectivity index (χ4n) is 3.44. The monoisotopic (exact) mass is 387 g/mol. The van der Waals surface area contributed by atoms with Crippen molar-refractivity contribution in [1.29, 1.82) is 0 Å². The number of anilines is 1. The van der Waals surface area contributed by atoms with Crippen molar-refractivity contribution in [2.24, 2.45) is 0 Å². The quantitative estimate of drug-likeness (QED) is 0.562. The van der Waals surface area contributed by atoms with Gasteiger partial charge < -0.3 is 14.4 Å². The number of hydrogen-bond acceptors (Lipinski definition) is 5. The first-order valence-corrected chi connectivity index (χ1v) is 9.31. The van der Waals surface area contributed by atoms with Gasteiger partial charge in [-0.05, 0) is 24.6 Å². The minimum atomic E-state index is -0.323. The largest absolute Gasteiger partial charge is 0.349 e. The Morgan fingerprint density at radius 2 is 2.00 bits per heavy atom. The zero-order valence-corrected chi connectivity index (χ0v) is 15.4. The van der Waals surface area contributed by atoms with E-state index in [1.807, 2.05) is 34.9 Å². The van der Waals surface area contributed by atoms with Crippen molar-refractivity contribution in [2.75, 3.05) is 11.9 Å². The molecule has 144 valence electrons. The van der Waals surface area contributed by atoms with Crippen LogP contribution in [0.5, 0.6) is 0 Å². The maximum atomic E-state index is 12.7. The first kappa shape index (κ1) is 17.2. The lowest BCUT2D eigenvalue weighted by atomic mass is 10.1. The second-order valence-electron chi connectivity index (χ2n) is 6.80. The highest BCUT2D eigenvalue weighted by atomic mass is 16.5. The van der Waals surface area contributed by atoms with Crippen LogP contribution in [0.25, 0.3) is 22.3 Å². The van der Waals surface area contributed by atoms with Crippen LogP contribution in [0.2, 0.25) is 0 Å². The topological polar surface area (TPSA) is 102 Å². The predicted octanol–water partition coefficient (Wildman–Crippen LogP) is 3.08. The Morgan fingerprint density at radius 1 is 1.14 bits per heavy atom. The highest BCUT2D eigenvalue weighted by molar-refractivity contribution is 6.06. The predicted molar refractivity (Wildman–Crippen MR) is 107 cm³/mol. The number of nitrogens with one attached hydrogen (secondary N) is 2. The minimum absolute atomic E-state index is 0.195. The van der Waals surface area contributed by atoms with Gasteiger partial charge in [0.1, 0.15) is 5.69 Å². The van der Waals surface area contributed by atoms with Crippen LogP contribution in [0.1, 0.15) is 27.4 Å². The van der Waals surface area contributed by atoms with Crippen molar-refractivity contribution in [3.05, 3.63) is 66.0 Å². The van der Waals surface area contributed by atoms with Gasteiger partial charge in [0.05, 0.1) is 11.0 Å². The van der Waals surface area contributed by atoms with Crippen molar-refractivity contribution in [1.82, 2.24) is 20.0 Å². The van der Waals surface area contributed by atoms with E-state index < -0.39 is 0 Å². The lowest BCUT2D eigenvalue weighted by molar-refractivity contribution is 0.0945. The number of amides is 2. The number of carbonyl (C=O) groups excluding carboxylic acids is 2. The van der Waals surface area contributed by atoms with E-state index in [9.17, 15) is 9.59 Å². The van der Waals surface area contributed by atoms with Crippen LogP contribution in [0.15, 0.2) is 59.1 Å². The van der Waals surface area contributed by atoms with Crippen LogP contribution in [-0.4, -0.2) is 33.1 Å². The molecular weight excluding hydrogens is 370 g/mol. The molecule has 0 saturated carbocycles. The lowest BCUT2D eigenvalue weighted by Crippen LogP contribution is -2.23. The zero-order chi connectivity index (χ0) is 19.8. The molecule has 4 aromatic rings. The van der Waals surface area contributed by atoms with E-state index in [1.165, 1.54) is 0 Å². The Balaban J connectivity index is 1.42. The molecule has 0 saturated heterocycles. The molecule has 2 N–H and O–H groups in total. The van der Waals surface area contributed by atoms with Gasteiger partial charge >= 0.3 is 0 Å². The Bertz CT molecular complexity index is 1230. The summed E-state index contributed by atoms with van der Waals surface area (Å²) in [5, 5.41) is 9.56. The van der Waals surface area contributed by atoms with E-state index in [0.717, 1.165) is 17.5 Å². The summed E-state index contributed by atoms with van der Waals surface area (Å²) >= 11 is 0. The molecule has 8 nitrogen and oxygen atoms in total. The normalized spacial score (nSPS) is 13.6. The average molecular weight is 387 g/mol. The van der Waals surface area contributed by atoms with Crippen LogP contribution >= 0.6 is 0 Å². The van der Waals surface area contributed by atoms with Crippen LogP contribution < -0.4 is 10.6 Å². The lowest BCUT2D eigenvalue weighted by Gasteiger charge is -2.05. The van der Waals surface area contributed by atoms with Gasteiger partial charge in [-0.15, -0.1) is 0 Å². The third-order valence-electron chi connectivity index (χ3n) is 4.87. The maximum absolute atomic E-state index is 12.7. The van der Waals surface area contributed by atoms with E-state index >= 15 is 0 Å². The molecule has 0 spiro atoms. The number of benzene rings is 2. The van der Waals surface area contributed by atoms with Gasteiger partial charge in [-0.1, -0.05) is 35.5 Å². The summed E-state index contributed by atoms with van der Waals surface area (Å²) in [5.41, 5.74) is 3.43. The van der Waals surface area contributed by atoms with E-state index in [2.05, 4.69) is 20.8 Å². The summed E-state index contributed by atoms with van der Waals surface area (Å²) in [6.07, 6.45) is 0.806. The first-order chi connectivity index (χ1) is 14.2. The van der Waals surface area contributed by atoms with E-state index in [0.29, 0.717) is 35.7 Å². The van der Waals surface area contributed by atoms with Crippen molar-refractivity contribution in [2.45, 2.75) is 13.0 Å². The fourth-order valence-corrected chi connectivity index (χ4v) is 3.44. The van der Waals surface area contributed by atoms with Crippen LogP contribution in [0.3, 0.4) is 0 Å². The second kappa shape index (κ2) is 6.90. The molecule has 2 aromatic heterocycles. The van der Waals surface area contributed by atoms with Gasteiger partial charge in [0.25, 0.3) is 11.8 Å². The van der Waals surface area contributed by atoms with Crippen molar-refractivity contribution in [3.8, 4) is 11.3 Å². The fraction of sp³-hybridized carbons (Fsp3) is 0.143. The smallest absolute Gasteiger partial charge is 0.287 e. The molecule has 1 aliphatic heterocycles. The van der Waals surface area contributed by atoms with Gasteiger partial charge in [0, 0.05) is 30.3 Å². The van der Waals surface area contributed by atoms with E-state index in [4.69, 9.17) is 4.52 Å². The van der Waals surface area contributed by atoms with Gasteiger partial charge in [-0.25, -0.2) is 4.98 Å². The molecule has 0 unspecified atom stereocenters. The van der Waals surface area contributed by atoms with Gasteiger partial charge in [-0.2, -0.15) is 0 Å². The van der Waals surface area contributed by atoms with E-state index in [-0.39, 0.29) is 17.7 Å². The van der Waals surface area contributed by atoms with Crippen LogP contribution in [0, 0.1) is 0 Å². The minimum Gasteiger partial charge on any atom is -0.349 e. The third kappa shape index (κ3) is 3.14. The molecule has 0 bridgehead atoms. The molecule has 2 aromatic carbocycles. The molecule has 3 heterocycles. The van der Waals surface area contributed by atoms with Crippen molar-refractivity contribution < 1.29 is 14.1 Å². The standard InChI is InChI=1S/C21H17N5O3/c27-20(24-18-12-16(25-29-18)13-5-2-1-3-6-13)14-7-8-15-17(11-14)26-10-4-9-22-21(28)19(26)23-15/h1-3,5-8,11-12H,4,9-10H2,(H,22,28)(H,24,27). The summed E-state index contributed by atoms with van der Waals surface area (Å²) < 4.78 is 7.11. The molecule has 0 atom stereocenters. The number of aryl methyl sites for hydroxylation is 1. The number of rotatable bonds is 3. The van der Waals surface area contributed by atoms with E-state index in [1.54, 1.807) is 24.3 Å². The highest BCUT2D eigenvalue weighted by Gasteiger charge is 2.21. The van der Waals surface area contributed by atoms with Crippen molar-refractivity contribution >= 4 is 28.7 Å². The second-order valence-corrected chi connectivity index (χ2v) is 6.80. The van der Waals surface area contributed by atoms with Gasteiger partial charge in [0.15, 0.2) is 5.82 Å². The van der Waals surface area contributed by atoms with Crippen LogP contribution in [0.4, 0.5) is 5.88 Å². The Hall–Kier alpha value is -3.94. The molecule has 29 heavy (non-hydrogen) atoms. The Kier molecular flexibility index (Phi) is 4.09. The Morgan fingerprint density at radius 3 is 2.86 bits per heavy atom. The average Bonchev–Trinajstić information content (AvgIpc) is 3.31. The summed E-state index contributed by atoms with van der Waals surface area (Å²) in [7, 11) is 0. The summed E-state index contributed by atoms with van der Waals surface area (Å²) in [5.74, 6) is 0.120. The highest BCUT2D eigenvalue weighted by Crippen LogP contribution is 2.23. The summed E-state index contributed by atoms with van der Waals surface area (Å²) in [6.45, 7) is 1.28. The van der Waals surface area contributed by atoms with Crippen LogP contribution in [-0.2, 0) is 6.54 Å². The third-order valence-corrected chi connectivity index (χ3v) is 4.87. The molecule has 0 radical (unpaired) electrons. The summed E-state index contributed by atoms with van der Waals surface area (Å²) in [6, 6.07) is 16.4. The number of nitrogens with zero attached hydrogens (tertiary/aromatic N) is 3. The number of hydrogen-bond donors (Lipinski definition) is 2. The summed E-state index contributed by atoms with van der Waals surface area (Å²) in [4.78, 5) is 29.3. The number of fused-ring (bicyclic) bond motifs is 3. The maximum Gasteiger partial charge on any atom is 0.287 e. The molecule has 0 fully saturated rings. The Labute approximate surface area is 165 Å². The molecular formula is C21H17N5O3. The molecule has 8 heteroatoms. The number of aromatic nitrogens is 3. The molecule has 2 amide bonds. The molecule has 0 aliphatic carbocycles. The van der Waals surface area contributed by atoms with Crippen molar-refractivity contribution in [3.63, 3.8) is 0 Å². The number of carbonyl (C=O) groups is 2. The first-order valence-electron chi connectivity index (χ1n) is 9.31.